The van der Waals surface area contributed by atoms with Gasteiger partial charge in [-0.2, -0.15) is 13.2 Å². The molecule has 0 saturated heterocycles. The number of carbonyl (C=O) groups is 1. The maximum atomic E-state index is 14.5. The predicted octanol–water partition coefficient (Wildman–Crippen LogP) is 5.32. The van der Waals surface area contributed by atoms with Crippen LogP contribution < -0.4 is 4.90 Å². The monoisotopic (exact) mass is 455 g/mol. The minimum atomic E-state index is -5.79. The molecular weight excluding hydrogens is 445 g/mol. The summed E-state index contributed by atoms with van der Waals surface area (Å²) >= 11 is 12.0. The number of fused-ring (bicyclic) bond motifs is 1. The van der Waals surface area contributed by atoms with Gasteiger partial charge in [0.15, 0.2) is 6.29 Å². The summed E-state index contributed by atoms with van der Waals surface area (Å²) in [6, 6.07) is 4.31. The summed E-state index contributed by atoms with van der Waals surface area (Å²) in [5, 5.41) is -0.327. The molecule has 2 aromatic carbocycles. The van der Waals surface area contributed by atoms with E-state index in [4.69, 9.17) is 23.2 Å². The van der Waals surface area contributed by atoms with E-state index < -0.39 is 36.6 Å². The number of hydrogen-bond acceptors (Lipinski definition) is 4. The molecule has 0 aromatic heterocycles. The van der Waals surface area contributed by atoms with Crippen molar-refractivity contribution in [2.75, 3.05) is 11.4 Å². The number of sulfone groups is 1. The van der Waals surface area contributed by atoms with Gasteiger partial charge in [0, 0.05) is 11.6 Å². The smallest absolute Gasteiger partial charge is 0.338 e. The van der Waals surface area contributed by atoms with E-state index in [0.29, 0.717) is 24.5 Å². The summed E-state index contributed by atoms with van der Waals surface area (Å²) in [5.74, 6) is -0.669. The molecule has 1 aliphatic rings. The lowest BCUT2D eigenvalue weighted by Crippen LogP contribution is -2.27. The van der Waals surface area contributed by atoms with Gasteiger partial charge in [-0.3, -0.25) is 4.79 Å². The average Bonchev–Trinajstić information content (AvgIpc) is 2.59. The summed E-state index contributed by atoms with van der Waals surface area (Å²) in [5.41, 5.74) is -5.73. The summed E-state index contributed by atoms with van der Waals surface area (Å²) in [4.78, 5) is 11.5. The average molecular weight is 456 g/mol. The van der Waals surface area contributed by atoms with Crippen molar-refractivity contribution in [3.63, 3.8) is 0 Å². The van der Waals surface area contributed by atoms with E-state index in [-0.39, 0.29) is 29.2 Å². The molecule has 0 spiro atoms. The normalized spacial score (nSPS) is 14.7. The van der Waals surface area contributed by atoms with E-state index in [2.05, 4.69) is 0 Å². The number of rotatable bonds is 3. The molecule has 0 unspecified atom stereocenters. The Hall–Kier alpha value is -1.84. The van der Waals surface area contributed by atoms with Crippen molar-refractivity contribution in [3.8, 4) is 0 Å². The number of halogens is 6. The number of nitrogens with zero attached hydrogens (tertiary/aromatic N) is 1. The van der Waals surface area contributed by atoms with Crippen molar-refractivity contribution < 1.29 is 30.8 Å². The van der Waals surface area contributed by atoms with Gasteiger partial charge >= 0.3 is 5.51 Å². The molecule has 11 heteroatoms. The molecule has 1 heterocycles. The zero-order chi connectivity index (χ0) is 20.9. The highest BCUT2D eigenvalue weighted by Crippen LogP contribution is 2.43. The molecule has 4 nitrogen and oxygen atoms in total. The van der Waals surface area contributed by atoms with Crippen molar-refractivity contribution in [3.05, 3.63) is 51.3 Å². The molecule has 0 radical (unpaired) electrons. The van der Waals surface area contributed by atoms with Crippen LogP contribution in [0.25, 0.3) is 0 Å². The summed E-state index contributed by atoms with van der Waals surface area (Å²) in [6.07, 6.45) is 1.01. The van der Waals surface area contributed by atoms with Crippen molar-refractivity contribution >= 4 is 50.7 Å². The highest BCUT2D eigenvalue weighted by atomic mass is 35.5. The summed E-state index contributed by atoms with van der Waals surface area (Å²) < 4.78 is 76.7. The third-order valence-corrected chi connectivity index (χ3v) is 6.49. The Morgan fingerprint density at radius 2 is 1.82 bits per heavy atom. The first kappa shape index (κ1) is 20.9. The van der Waals surface area contributed by atoms with E-state index in [1.807, 2.05) is 0 Å². The molecule has 0 saturated carbocycles. The fraction of sp³-hybridized carbons (Fsp3) is 0.235. The third-order valence-electron chi connectivity index (χ3n) is 4.33. The first-order chi connectivity index (χ1) is 13.0. The van der Waals surface area contributed by atoms with Gasteiger partial charge < -0.3 is 4.90 Å². The van der Waals surface area contributed by atoms with Crippen LogP contribution in [0.15, 0.2) is 29.2 Å². The molecular formula is C17H11Cl2F4NO3S. The molecule has 28 heavy (non-hydrogen) atoms. The Balaban J connectivity index is 2.21. The number of alkyl halides is 3. The first-order valence-electron chi connectivity index (χ1n) is 7.83. The number of carbonyl (C=O) groups excluding carboxylic acids is 1. The molecule has 0 fully saturated rings. The van der Waals surface area contributed by atoms with Gasteiger partial charge in [0.1, 0.15) is 5.82 Å². The second-order valence-corrected chi connectivity index (χ2v) is 8.75. The van der Waals surface area contributed by atoms with Crippen LogP contribution in [0.4, 0.5) is 28.9 Å². The predicted molar refractivity (Wildman–Crippen MR) is 96.8 cm³/mol. The van der Waals surface area contributed by atoms with Crippen LogP contribution in [-0.2, 0) is 16.3 Å². The third kappa shape index (κ3) is 3.35. The first-order valence-corrected chi connectivity index (χ1v) is 10.1. The number of hydrogen-bond donors (Lipinski definition) is 0. The lowest BCUT2D eigenvalue weighted by Gasteiger charge is -2.33. The van der Waals surface area contributed by atoms with Gasteiger partial charge in [0.25, 0.3) is 9.84 Å². The zero-order valence-electron chi connectivity index (χ0n) is 13.9. The van der Waals surface area contributed by atoms with E-state index in [1.54, 1.807) is 6.07 Å². The molecule has 0 atom stereocenters. The summed E-state index contributed by atoms with van der Waals surface area (Å²) in [7, 11) is -5.79. The zero-order valence-corrected chi connectivity index (χ0v) is 16.2. The van der Waals surface area contributed by atoms with Gasteiger partial charge in [-0.25, -0.2) is 12.8 Å². The quantitative estimate of drug-likeness (QED) is 0.464. The van der Waals surface area contributed by atoms with E-state index >= 15 is 0 Å². The molecule has 0 bridgehead atoms. The minimum absolute atomic E-state index is 0.0204. The maximum absolute atomic E-state index is 14.5. The van der Waals surface area contributed by atoms with Crippen LogP contribution in [0.2, 0.25) is 10.0 Å². The van der Waals surface area contributed by atoms with E-state index in [9.17, 15) is 30.8 Å². The Morgan fingerprint density at radius 3 is 2.43 bits per heavy atom. The van der Waals surface area contributed by atoms with Gasteiger partial charge in [-0.1, -0.05) is 23.2 Å². The van der Waals surface area contributed by atoms with Crippen LogP contribution in [0.5, 0.6) is 0 Å². The Kier molecular flexibility index (Phi) is 5.37. The van der Waals surface area contributed by atoms with Gasteiger partial charge in [-0.15, -0.1) is 0 Å². The molecule has 0 aliphatic carbocycles. The number of aryl methyl sites for hydroxylation is 1. The lowest BCUT2D eigenvalue weighted by atomic mass is 10.00. The Labute approximate surface area is 167 Å². The van der Waals surface area contributed by atoms with Crippen molar-refractivity contribution in [1.82, 2.24) is 0 Å². The van der Waals surface area contributed by atoms with Crippen molar-refractivity contribution in [1.29, 1.82) is 0 Å². The molecule has 1 aliphatic heterocycles. The van der Waals surface area contributed by atoms with Gasteiger partial charge in [-0.05, 0) is 42.7 Å². The molecule has 0 N–H and O–H groups in total. The Bertz CT molecular complexity index is 1070. The highest BCUT2D eigenvalue weighted by Gasteiger charge is 2.48. The second-order valence-electron chi connectivity index (χ2n) is 6.03. The maximum Gasteiger partial charge on any atom is 0.501 e. The van der Waals surface area contributed by atoms with E-state index in [1.165, 1.54) is 4.90 Å². The van der Waals surface area contributed by atoms with Crippen LogP contribution in [0.3, 0.4) is 0 Å². The number of aldehydes is 1. The van der Waals surface area contributed by atoms with Crippen LogP contribution >= 0.6 is 23.2 Å². The summed E-state index contributed by atoms with van der Waals surface area (Å²) in [6.45, 7) is 0.259. The lowest BCUT2D eigenvalue weighted by molar-refractivity contribution is -0.0436. The fourth-order valence-corrected chi connectivity index (χ4v) is 4.66. The SMILES string of the molecule is O=Cc1c(S(=O)(=O)C(F)(F)F)ccc(N2CCCc3cc(Cl)cc(F)c32)c1Cl. The largest absolute Gasteiger partial charge is 0.501 e. The fourth-order valence-electron chi connectivity index (χ4n) is 3.13. The highest BCUT2D eigenvalue weighted by molar-refractivity contribution is 7.92. The molecule has 3 rings (SSSR count). The second kappa shape index (κ2) is 7.20. The van der Waals surface area contributed by atoms with Crippen LogP contribution in [-0.4, -0.2) is 26.8 Å². The van der Waals surface area contributed by atoms with Crippen LogP contribution in [0, 0.1) is 5.82 Å². The molecule has 2 aromatic rings. The van der Waals surface area contributed by atoms with Crippen molar-refractivity contribution in [2.45, 2.75) is 23.2 Å². The van der Waals surface area contributed by atoms with Gasteiger partial charge in [0.2, 0.25) is 0 Å². The molecule has 0 amide bonds. The van der Waals surface area contributed by atoms with Gasteiger partial charge in [0.05, 0.1) is 26.9 Å². The standard InChI is InChI=1S/C17H11Cl2F4NO3S/c18-10-6-9-2-1-5-24(16(9)12(20)7-10)13-3-4-14(11(8-25)15(13)19)28(26,27)17(21,22)23/h3-4,6-8H,1-2,5H2. The van der Waals surface area contributed by atoms with E-state index in [0.717, 1.165) is 12.1 Å². The van der Waals surface area contributed by atoms with Crippen molar-refractivity contribution in [2.24, 2.45) is 0 Å². The minimum Gasteiger partial charge on any atom is -0.338 e. The number of anilines is 2. The number of benzene rings is 2. The topological polar surface area (TPSA) is 54.5 Å². The Morgan fingerprint density at radius 1 is 1.14 bits per heavy atom. The van der Waals surface area contributed by atoms with Crippen LogP contribution in [0.1, 0.15) is 22.3 Å². The molecule has 150 valence electrons.